The number of allylic oxidation sites excluding steroid dienone is 2. The molecule has 7 rings (SSSR count). The number of hydrogen-bond acceptors (Lipinski definition) is 7. The first kappa shape index (κ1) is 28.0. The minimum atomic E-state index is -0.702. The molecule has 1 aliphatic heterocycles. The Labute approximate surface area is 258 Å². The van der Waals surface area contributed by atoms with Gasteiger partial charge in [-0.2, -0.15) is 0 Å². The number of para-hydroxylation sites is 1. The fourth-order valence-electron chi connectivity index (χ4n) is 6.93. The van der Waals surface area contributed by atoms with E-state index < -0.39 is 12.6 Å². The smallest absolute Gasteiger partial charge is 0.339 e. The van der Waals surface area contributed by atoms with Crippen LogP contribution in [0.2, 0.25) is 5.02 Å². The van der Waals surface area contributed by atoms with Gasteiger partial charge in [0.05, 0.1) is 46.4 Å². The summed E-state index contributed by atoms with van der Waals surface area (Å²) in [6.45, 7) is 1.58. The van der Waals surface area contributed by atoms with E-state index in [4.69, 9.17) is 26.1 Å². The van der Waals surface area contributed by atoms with Crippen molar-refractivity contribution >= 4 is 51.8 Å². The first-order valence-electron chi connectivity index (χ1n) is 14.4. The second-order valence-electron chi connectivity index (χ2n) is 11.4. The summed E-state index contributed by atoms with van der Waals surface area (Å²) in [7, 11) is 1.51. The minimum Gasteiger partial charge on any atom is -0.497 e. The summed E-state index contributed by atoms with van der Waals surface area (Å²) in [6, 6.07) is 20.3. The summed E-state index contributed by atoms with van der Waals surface area (Å²) in [5.41, 5.74) is 3.76. The fourth-order valence-corrected chi connectivity index (χ4v) is 7.15. The Morgan fingerprint density at radius 3 is 2.50 bits per heavy atom. The van der Waals surface area contributed by atoms with Crippen molar-refractivity contribution in [2.45, 2.75) is 13.3 Å². The number of carbonyl (C=O) groups is 4. The van der Waals surface area contributed by atoms with E-state index in [-0.39, 0.29) is 46.8 Å². The van der Waals surface area contributed by atoms with Crippen molar-refractivity contribution in [2.24, 2.45) is 23.7 Å². The lowest BCUT2D eigenvalue weighted by atomic mass is 9.82. The second kappa shape index (κ2) is 10.7. The van der Waals surface area contributed by atoms with Gasteiger partial charge in [0.2, 0.25) is 11.8 Å². The predicted octanol–water partition coefficient (Wildman–Crippen LogP) is 6.31. The Kier molecular flexibility index (Phi) is 6.81. The number of Topliss-reactive ketones (excluding diaryl/α,β-unsaturated/α-hetero) is 1. The van der Waals surface area contributed by atoms with E-state index in [9.17, 15) is 19.2 Å². The third kappa shape index (κ3) is 4.48. The number of halogens is 1. The normalized spacial score (nSPS) is 21.9. The molecule has 3 aliphatic rings. The lowest BCUT2D eigenvalue weighted by Gasteiger charge is -2.19. The van der Waals surface area contributed by atoms with Gasteiger partial charge < -0.3 is 9.47 Å². The lowest BCUT2D eigenvalue weighted by Crippen LogP contribution is -2.32. The van der Waals surface area contributed by atoms with Gasteiger partial charge in [-0.05, 0) is 61.6 Å². The quantitative estimate of drug-likeness (QED) is 0.105. The van der Waals surface area contributed by atoms with Crippen LogP contribution < -0.4 is 9.64 Å². The lowest BCUT2D eigenvalue weighted by molar-refractivity contribution is -0.123. The van der Waals surface area contributed by atoms with Gasteiger partial charge in [0.15, 0.2) is 12.4 Å². The standard InChI is InChI=1S/C35H27ClN2O6/c1-18-13-21-15-25(18)31-30(21)33(40)38(34(31)41)22-11-9-19(10-12-22)28-16-26(24-7-4-8-27(36)32(24)37-28)35(42)44-17-29(39)20-5-3-6-23(14-20)43-2/h3-14,16,21,25,30-31H,15,17H2,1-2H3. The van der Waals surface area contributed by atoms with Gasteiger partial charge in [0.25, 0.3) is 0 Å². The maximum atomic E-state index is 13.4. The van der Waals surface area contributed by atoms with E-state index in [1.165, 1.54) is 17.6 Å². The van der Waals surface area contributed by atoms with Crippen molar-refractivity contribution in [2.75, 3.05) is 18.6 Å². The molecule has 2 heterocycles. The highest BCUT2D eigenvalue weighted by Crippen LogP contribution is 2.56. The molecular weight excluding hydrogens is 580 g/mol. The zero-order valence-corrected chi connectivity index (χ0v) is 24.7. The maximum Gasteiger partial charge on any atom is 0.339 e. The van der Waals surface area contributed by atoms with E-state index in [1.807, 2.05) is 6.92 Å². The molecule has 0 radical (unpaired) electrons. The number of carbonyl (C=O) groups excluding carboxylic acids is 4. The van der Waals surface area contributed by atoms with Crippen LogP contribution in [0.3, 0.4) is 0 Å². The van der Waals surface area contributed by atoms with Gasteiger partial charge in [0, 0.05) is 16.5 Å². The van der Waals surface area contributed by atoms with Crippen LogP contribution >= 0.6 is 11.6 Å². The number of hydrogen-bond donors (Lipinski definition) is 0. The number of amides is 2. The molecule has 2 amide bonds. The van der Waals surface area contributed by atoms with Gasteiger partial charge in [-0.25, -0.2) is 9.78 Å². The van der Waals surface area contributed by atoms with Crippen LogP contribution in [0.1, 0.15) is 34.1 Å². The molecule has 4 atom stereocenters. The molecule has 4 unspecified atom stereocenters. The summed E-state index contributed by atoms with van der Waals surface area (Å²) in [6.07, 6.45) is 3.03. The van der Waals surface area contributed by atoms with Gasteiger partial charge >= 0.3 is 5.97 Å². The predicted molar refractivity (Wildman–Crippen MR) is 165 cm³/mol. The molecule has 2 fully saturated rings. The first-order valence-corrected chi connectivity index (χ1v) is 14.7. The van der Waals surface area contributed by atoms with E-state index >= 15 is 0 Å². The minimum absolute atomic E-state index is 0.126. The number of ketones is 1. The molecule has 8 nitrogen and oxygen atoms in total. The molecule has 4 aromatic rings. The van der Waals surface area contributed by atoms with Crippen molar-refractivity contribution < 1.29 is 28.7 Å². The average molecular weight is 607 g/mol. The number of benzene rings is 3. The molecule has 3 aromatic carbocycles. The Morgan fingerprint density at radius 2 is 1.73 bits per heavy atom. The van der Waals surface area contributed by atoms with Crippen molar-refractivity contribution in [3.63, 3.8) is 0 Å². The van der Waals surface area contributed by atoms with Crippen molar-refractivity contribution in [1.29, 1.82) is 0 Å². The Bertz CT molecular complexity index is 1920. The van der Waals surface area contributed by atoms with Gasteiger partial charge in [0.1, 0.15) is 5.75 Å². The fraction of sp³-hybridized carbons (Fsp3) is 0.229. The summed E-state index contributed by atoms with van der Waals surface area (Å²) < 4.78 is 10.6. The highest BCUT2D eigenvalue weighted by Gasteiger charge is 2.60. The van der Waals surface area contributed by atoms with E-state index in [1.54, 1.807) is 72.8 Å². The summed E-state index contributed by atoms with van der Waals surface area (Å²) >= 11 is 6.49. The number of anilines is 1. The number of imide groups is 1. The van der Waals surface area contributed by atoms with E-state index in [0.29, 0.717) is 44.2 Å². The largest absolute Gasteiger partial charge is 0.497 e. The molecule has 1 saturated carbocycles. The van der Waals surface area contributed by atoms with E-state index in [0.717, 1.165) is 6.42 Å². The second-order valence-corrected chi connectivity index (χ2v) is 11.9. The maximum absolute atomic E-state index is 13.4. The number of nitrogens with zero attached hydrogens (tertiary/aromatic N) is 2. The number of esters is 1. The molecule has 2 aliphatic carbocycles. The Balaban J connectivity index is 1.16. The number of pyridine rings is 1. The molecule has 0 spiro atoms. The monoisotopic (exact) mass is 606 g/mol. The highest BCUT2D eigenvalue weighted by atomic mass is 35.5. The van der Waals surface area contributed by atoms with Crippen LogP contribution in [0.25, 0.3) is 22.2 Å². The van der Waals surface area contributed by atoms with Gasteiger partial charge in [-0.3, -0.25) is 19.3 Å². The molecule has 2 bridgehead atoms. The third-order valence-electron chi connectivity index (χ3n) is 9.04. The van der Waals surface area contributed by atoms with Crippen LogP contribution in [0.15, 0.2) is 84.4 Å². The van der Waals surface area contributed by atoms with Crippen LogP contribution in [-0.2, 0) is 14.3 Å². The highest BCUT2D eigenvalue weighted by molar-refractivity contribution is 6.35. The van der Waals surface area contributed by atoms with Crippen LogP contribution in [-0.4, -0.2) is 42.3 Å². The summed E-state index contributed by atoms with van der Waals surface area (Å²) in [4.78, 5) is 58.9. The zero-order chi connectivity index (χ0) is 30.7. The summed E-state index contributed by atoms with van der Waals surface area (Å²) in [5.74, 6) is -1.15. The number of methoxy groups -OCH3 is 1. The molecular formula is C35H27ClN2O6. The zero-order valence-electron chi connectivity index (χ0n) is 24.0. The van der Waals surface area contributed by atoms with Gasteiger partial charge in [-0.15, -0.1) is 0 Å². The SMILES string of the molecule is COc1cccc(C(=O)COC(=O)c2cc(-c3ccc(N4C(=O)C5C6C=C(C)C(C6)C5C4=O)cc3)nc3c(Cl)cccc23)c1. The third-order valence-corrected chi connectivity index (χ3v) is 9.34. The molecule has 220 valence electrons. The first-order chi connectivity index (χ1) is 21.2. The van der Waals surface area contributed by atoms with Crippen LogP contribution in [0, 0.1) is 23.7 Å². The topological polar surface area (TPSA) is 103 Å². The summed E-state index contributed by atoms with van der Waals surface area (Å²) in [5, 5.41) is 0.829. The number of fused-ring (bicyclic) bond motifs is 6. The number of aromatic nitrogens is 1. The van der Waals surface area contributed by atoms with Crippen molar-refractivity contribution in [3.05, 3.63) is 101 Å². The van der Waals surface area contributed by atoms with Crippen molar-refractivity contribution in [3.8, 4) is 17.0 Å². The Hall–Kier alpha value is -4.82. The molecule has 1 saturated heterocycles. The van der Waals surface area contributed by atoms with Crippen molar-refractivity contribution in [1.82, 2.24) is 4.98 Å². The molecule has 44 heavy (non-hydrogen) atoms. The number of rotatable bonds is 7. The Morgan fingerprint density at radius 1 is 0.977 bits per heavy atom. The molecule has 1 aromatic heterocycles. The van der Waals surface area contributed by atoms with Crippen LogP contribution in [0.5, 0.6) is 5.75 Å². The van der Waals surface area contributed by atoms with Gasteiger partial charge in [-0.1, -0.05) is 59.6 Å². The van der Waals surface area contributed by atoms with Crippen LogP contribution in [0.4, 0.5) is 5.69 Å². The molecule has 9 heteroatoms. The van der Waals surface area contributed by atoms with E-state index in [2.05, 4.69) is 6.08 Å². The molecule has 0 N–H and O–H groups in total. The average Bonchev–Trinajstić information content (AvgIpc) is 3.69. The number of ether oxygens (including phenoxy) is 2.